The SMILES string of the molecule is CNC(=O)CC1(C)C(=O)N(C2CCN([C@@H]3c4ccccc4CC[C@H]3O)CC2)c2ccccc21. The Morgan fingerprint density at radius 2 is 1.79 bits per heavy atom. The van der Waals surface area contributed by atoms with Crippen LogP contribution in [0.2, 0.25) is 0 Å². The lowest BCUT2D eigenvalue weighted by atomic mass is 9.80. The molecule has 2 N–H and O–H groups in total. The molecule has 5 rings (SSSR count). The molecule has 1 aliphatic carbocycles. The van der Waals surface area contributed by atoms with Gasteiger partial charge < -0.3 is 15.3 Å². The Balaban J connectivity index is 1.37. The first-order valence-corrected chi connectivity index (χ1v) is 12.1. The fourth-order valence-electron chi connectivity index (χ4n) is 6.16. The van der Waals surface area contributed by atoms with Gasteiger partial charge in [-0.15, -0.1) is 0 Å². The Morgan fingerprint density at radius 3 is 2.55 bits per heavy atom. The molecule has 6 nitrogen and oxygen atoms in total. The van der Waals surface area contributed by atoms with Crippen molar-refractivity contribution in [2.75, 3.05) is 25.0 Å². The summed E-state index contributed by atoms with van der Waals surface area (Å²) in [7, 11) is 1.61. The van der Waals surface area contributed by atoms with Crippen molar-refractivity contribution in [2.45, 2.75) is 62.6 Å². The quantitative estimate of drug-likeness (QED) is 0.756. The molecular formula is C27H33N3O3. The Morgan fingerprint density at radius 1 is 1.09 bits per heavy atom. The average molecular weight is 448 g/mol. The fraction of sp³-hybridized carbons (Fsp3) is 0.481. The molecule has 1 unspecified atom stereocenters. The van der Waals surface area contributed by atoms with E-state index >= 15 is 0 Å². The molecule has 3 atom stereocenters. The maximum Gasteiger partial charge on any atom is 0.238 e. The van der Waals surface area contributed by atoms with Gasteiger partial charge in [-0.2, -0.15) is 0 Å². The largest absolute Gasteiger partial charge is 0.391 e. The van der Waals surface area contributed by atoms with Gasteiger partial charge in [0.25, 0.3) is 0 Å². The van der Waals surface area contributed by atoms with E-state index in [4.69, 9.17) is 0 Å². The third kappa shape index (κ3) is 3.65. The minimum absolute atomic E-state index is 0.0220. The second-order valence-corrected chi connectivity index (χ2v) is 9.89. The summed E-state index contributed by atoms with van der Waals surface area (Å²) in [6, 6.07) is 16.5. The van der Waals surface area contributed by atoms with Crippen LogP contribution in [0.5, 0.6) is 0 Å². The summed E-state index contributed by atoms with van der Waals surface area (Å²) in [5.74, 6) is -0.101. The second-order valence-electron chi connectivity index (χ2n) is 9.89. The summed E-state index contributed by atoms with van der Waals surface area (Å²) >= 11 is 0. The van der Waals surface area contributed by atoms with E-state index in [-0.39, 0.29) is 36.4 Å². The van der Waals surface area contributed by atoms with Crippen molar-refractivity contribution in [3.8, 4) is 0 Å². The number of nitrogens with zero attached hydrogens (tertiary/aromatic N) is 2. The van der Waals surface area contributed by atoms with Crippen LogP contribution in [0.15, 0.2) is 48.5 Å². The molecule has 2 amide bonds. The van der Waals surface area contributed by atoms with Crippen LogP contribution < -0.4 is 10.2 Å². The summed E-state index contributed by atoms with van der Waals surface area (Å²) in [6.07, 6.45) is 3.20. The van der Waals surface area contributed by atoms with Gasteiger partial charge in [-0.3, -0.25) is 14.5 Å². The molecule has 2 aromatic carbocycles. The molecule has 0 spiro atoms. The highest BCUT2D eigenvalue weighted by atomic mass is 16.3. The summed E-state index contributed by atoms with van der Waals surface area (Å²) in [5.41, 5.74) is 3.62. The Labute approximate surface area is 195 Å². The molecule has 0 bridgehead atoms. The summed E-state index contributed by atoms with van der Waals surface area (Å²) in [6.45, 7) is 3.56. The van der Waals surface area contributed by atoms with Crippen LogP contribution in [0.3, 0.4) is 0 Å². The lowest BCUT2D eigenvalue weighted by molar-refractivity contribution is -0.129. The number of rotatable bonds is 4. The van der Waals surface area contributed by atoms with Gasteiger partial charge in [0.15, 0.2) is 0 Å². The Kier molecular flexibility index (Phi) is 5.75. The number of piperidine rings is 1. The van der Waals surface area contributed by atoms with Gasteiger partial charge in [-0.25, -0.2) is 0 Å². The van der Waals surface area contributed by atoms with E-state index in [1.54, 1.807) is 7.05 Å². The Bertz CT molecular complexity index is 1060. The molecule has 1 saturated heterocycles. The monoisotopic (exact) mass is 447 g/mol. The minimum atomic E-state index is -0.841. The van der Waals surface area contributed by atoms with Crippen molar-refractivity contribution in [3.63, 3.8) is 0 Å². The number of anilines is 1. The van der Waals surface area contributed by atoms with Crippen LogP contribution in [-0.4, -0.2) is 54.1 Å². The third-order valence-electron chi connectivity index (χ3n) is 7.95. The molecule has 174 valence electrons. The normalized spacial score (nSPS) is 27.8. The first kappa shape index (κ1) is 22.1. The van der Waals surface area contributed by atoms with Crippen molar-refractivity contribution < 1.29 is 14.7 Å². The number of aliphatic hydroxyl groups excluding tert-OH is 1. The zero-order valence-electron chi connectivity index (χ0n) is 19.5. The highest BCUT2D eigenvalue weighted by molar-refractivity contribution is 6.10. The number of carbonyl (C=O) groups is 2. The topological polar surface area (TPSA) is 72.9 Å². The van der Waals surface area contributed by atoms with Gasteiger partial charge in [0.05, 0.1) is 17.6 Å². The first-order chi connectivity index (χ1) is 15.9. The molecule has 6 heteroatoms. The van der Waals surface area contributed by atoms with E-state index < -0.39 is 5.41 Å². The van der Waals surface area contributed by atoms with Gasteiger partial charge in [-0.1, -0.05) is 42.5 Å². The van der Waals surface area contributed by atoms with E-state index in [1.165, 1.54) is 11.1 Å². The maximum atomic E-state index is 13.7. The van der Waals surface area contributed by atoms with Crippen molar-refractivity contribution in [2.24, 2.45) is 0 Å². The van der Waals surface area contributed by atoms with Crippen molar-refractivity contribution in [1.29, 1.82) is 0 Å². The molecule has 1 fully saturated rings. The van der Waals surface area contributed by atoms with Crippen LogP contribution >= 0.6 is 0 Å². The molecular weight excluding hydrogens is 414 g/mol. The number of carbonyl (C=O) groups excluding carboxylic acids is 2. The number of amides is 2. The van der Waals surface area contributed by atoms with Gasteiger partial charge in [-0.05, 0) is 55.4 Å². The zero-order chi connectivity index (χ0) is 23.2. The summed E-state index contributed by atoms with van der Waals surface area (Å²) < 4.78 is 0. The van der Waals surface area contributed by atoms with Gasteiger partial charge in [0.2, 0.25) is 11.8 Å². The molecule has 2 aromatic rings. The molecule has 3 aliphatic rings. The van der Waals surface area contributed by atoms with E-state index in [9.17, 15) is 14.7 Å². The van der Waals surface area contributed by atoms with Crippen molar-refractivity contribution in [1.82, 2.24) is 10.2 Å². The zero-order valence-corrected chi connectivity index (χ0v) is 19.5. The molecule has 33 heavy (non-hydrogen) atoms. The maximum absolute atomic E-state index is 13.7. The number of aryl methyl sites for hydroxylation is 1. The number of fused-ring (bicyclic) bond motifs is 2. The molecule has 2 heterocycles. The van der Waals surface area contributed by atoms with Crippen LogP contribution in [0.4, 0.5) is 5.69 Å². The summed E-state index contributed by atoms with van der Waals surface area (Å²) in [4.78, 5) is 30.3. The molecule has 0 saturated carbocycles. The molecule has 2 aliphatic heterocycles. The van der Waals surface area contributed by atoms with E-state index in [0.29, 0.717) is 0 Å². The number of aliphatic hydroxyl groups is 1. The van der Waals surface area contributed by atoms with Gasteiger partial charge in [0, 0.05) is 38.3 Å². The minimum Gasteiger partial charge on any atom is -0.391 e. The van der Waals surface area contributed by atoms with Gasteiger partial charge >= 0.3 is 0 Å². The molecule has 0 radical (unpaired) electrons. The smallest absolute Gasteiger partial charge is 0.238 e. The lowest BCUT2D eigenvalue weighted by Gasteiger charge is -2.44. The van der Waals surface area contributed by atoms with E-state index in [2.05, 4.69) is 34.5 Å². The van der Waals surface area contributed by atoms with Crippen LogP contribution in [0, 0.1) is 0 Å². The predicted octanol–water partition coefficient (Wildman–Crippen LogP) is 2.94. The number of nitrogens with one attached hydrogen (secondary N) is 1. The first-order valence-electron chi connectivity index (χ1n) is 12.1. The fourth-order valence-corrected chi connectivity index (χ4v) is 6.16. The number of benzene rings is 2. The average Bonchev–Trinajstić information content (AvgIpc) is 3.06. The standard InChI is InChI=1S/C27H33N3O3/c1-27(17-24(32)28-2)21-9-5-6-10-22(21)30(26(27)33)19-13-15-29(16-14-19)25-20-8-4-3-7-18(20)11-12-23(25)31/h3-10,19,23,25,31H,11-17H2,1-2H3,(H,28,32)/t23-,25-,27?/m1/s1. The van der Waals surface area contributed by atoms with Crippen molar-refractivity contribution in [3.05, 3.63) is 65.2 Å². The second kappa shape index (κ2) is 8.58. The van der Waals surface area contributed by atoms with Gasteiger partial charge in [0.1, 0.15) is 0 Å². The number of hydrogen-bond acceptors (Lipinski definition) is 4. The van der Waals surface area contributed by atoms with E-state index in [0.717, 1.165) is 50.0 Å². The number of hydrogen-bond donors (Lipinski definition) is 2. The van der Waals surface area contributed by atoms with Crippen LogP contribution in [0.25, 0.3) is 0 Å². The molecule has 0 aromatic heterocycles. The highest BCUT2D eigenvalue weighted by Crippen LogP contribution is 2.46. The van der Waals surface area contributed by atoms with Crippen molar-refractivity contribution >= 4 is 17.5 Å². The lowest BCUT2D eigenvalue weighted by Crippen LogP contribution is -2.51. The third-order valence-corrected chi connectivity index (χ3v) is 7.95. The predicted molar refractivity (Wildman–Crippen MR) is 128 cm³/mol. The van der Waals surface area contributed by atoms with E-state index in [1.807, 2.05) is 36.1 Å². The number of para-hydroxylation sites is 1. The van der Waals surface area contributed by atoms with Crippen LogP contribution in [0.1, 0.15) is 55.3 Å². The Hall–Kier alpha value is -2.70. The highest BCUT2D eigenvalue weighted by Gasteiger charge is 2.50. The summed E-state index contributed by atoms with van der Waals surface area (Å²) in [5, 5.41) is 13.5. The van der Waals surface area contributed by atoms with Crippen LogP contribution in [-0.2, 0) is 21.4 Å². The number of likely N-dealkylation sites (tertiary alicyclic amines) is 1.